The third kappa shape index (κ3) is 4.92. The van der Waals surface area contributed by atoms with Gasteiger partial charge in [0, 0.05) is 12.7 Å². The number of rotatable bonds is 4. The van der Waals surface area contributed by atoms with Crippen molar-refractivity contribution in [3.05, 3.63) is 77.9 Å². The summed E-state index contributed by atoms with van der Waals surface area (Å²) in [7, 11) is 1.55. The first-order chi connectivity index (χ1) is 10.3. The minimum absolute atomic E-state index is 0.551. The summed E-state index contributed by atoms with van der Waals surface area (Å²) in [6.07, 6.45) is 2.24. The number of ether oxygens (including phenoxy) is 1. The van der Waals surface area contributed by atoms with Crippen LogP contribution in [0.15, 0.2) is 66.7 Å². The van der Waals surface area contributed by atoms with E-state index in [-0.39, 0.29) is 0 Å². The van der Waals surface area contributed by atoms with Gasteiger partial charge in [0.15, 0.2) is 0 Å². The van der Waals surface area contributed by atoms with Gasteiger partial charge < -0.3 is 9.84 Å². The predicted molar refractivity (Wildman–Crippen MR) is 85.6 cm³/mol. The van der Waals surface area contributed by atoms with Crippen molar-refractivity contribution < 1.29 is 9.84 Å². The third-order valence-corrected chi connectivity index (χ3v) is 2.98. The molecule has 0 aliphatic heterocycles. The van der Waals surface area contributed by atoms with Gasteiger partial charge in [-0.1, -0.05) is 72.5 Å². The topological polar surface area (TPSA) is 29.5 Å². The van der Waals surface area contributed by atoms with Gasteiger partial charge in [-0.2, -0.15) is 0 Å². The molecular formula is C19H18O2. The summed E-state index contributed by atoms with van der Waals surface area (Å²) in [5.74, 6) is 5.95. The van der Waals surface area contributed by atoms with E-state index in [0.717, 1.165) is 11.1 Å². The number of hydrogen-bond donors (Lipinski definition) is 1. The molecule has 2 aromatic carbocycles. The molecular weight excluding hydrogens is 260 g/mol. The lowest BCUT2D eigenvalue weighted by atomic mass is 10.1. The van der Waals surface area contributed by atoms with Gasteiger partial charge >= 0.3 is 0 Å². The largest absolute Gasteiger partial charge is 0.385 e. The zero-order valence-corrected chi connectivity index (χ0v) is 11.9. The normalized spacial score (nSPS) is 13.4. The molecule has 0 radical (unpaired) electrons. The van der Waals surface area contributed by atoms with Crippen molar-refractivity contribution in [1.29, 1.82) is 0 Å². The highest BCUT2D eigenvalue weighted by atomic mass is 16.5. The molecule has 0 amide bonds. The molecule has 0 aliphatic rings. The third-order valence-electron chi connectivity index (χ3n) is 2.98. The molecule has 2 atom stereocenters. The van der Waals surface area contributed by atoms with Gasteiger partial charge in [-0.25, -0.2) is 0 Å². The smallest absolute Gasteiger partial charge is 0.147 e. The van der Waals surface area contributed by atoms with E-state index >= 15 is 0 Å². The first-order valence-corrected chi connectivity index (χ1v) is 6.80. The van der Waals surface area contributed by atoms with Crippen LogP contribution >= 0.6 is 0 Å². The van der Waals surface area contributed by atoms with Gasteiger partial charge in [0.05, 0.1) is 0 Å². The highest BCUT2D eigenvalue weighted by molar-refractivity contribution is 5.49. The fraction of sp³-hybridized carbons (Fsp3) is 0.158. The van der Waals surface area contributed by atoms with Gasteiger partial charge in [0.2, 0.25) is 0 Å². The van der Waals surface area contributed by atoms with Crippen LogP contribution in [0.2, 0.25) is 0 Å². The molecule has 1 N–H and O–H groups in total. The number of hydrogen-bond acceptors (Lipinski definition) is 2. The van der Waals surface area contributed by atoms with E-state index in [1.54, 1.807) is 13.2 Å². The van der Waals surface area contributed by atoms with Gasteiger partial charge in [0.1, 0.15) is 12.2 Å². The molecule has 106 valence electrons. The van der Waals surface area contributed by atoms with Crippen LogP contribution in [0.25, 0.3) is 6.08 Å². The lowest BCUT2D eigenvalue weighted by Gasteiger charge is -2.12. The Hall–Kier alpha value is -2.34. The van der Waals surface area contributed by atoms with Crippen molar-refractivity contribution in [3.63, 3.8) is 0 Å². The molecule has 0 aliphatic carbocycles. The van der Waals surface area contributed by atoms with Gasteiger partial charge in [-0.05, 0) is 17.7 Å². The van der Waals surface area contributed by atoms with Crippen molar-refractivity contribution in [1.82, 2.24) is 0 Å². The molecule has 21 heavy (non-hydrogen) atoms. The highest BCUT2D eigenvalue weighted by Crippen LogP contribution is 2.06. The van der Waals surface area contributed by atoms with Crippen LogP contribution in [0, 0.1) is 11.8 Å². The molecule has 0 aromatic heterocycles. The Morgan fingerprint density at radius 2 is 1.62 bits per heavy atom. The Labute approximate surface area is 125 Å². The van der Waals surface area contributed by atoms with Crippen molar-refractivity contribution in [2.45, 2.75) is 12.2 Å². The lowest BCUT2D eigenvalue weighted by Crippen LogP contribution is -2.24. The van der Waals surface area contributed by atoms with E-state index in [0.29, 0.717) is 0 Å². The SMILES string of the molecule is COC(C#Cc1ccccc1)C(O)/C=C/c1ccccc1. The maximum absolute atomic E-state index is 10.1. The van der Waals surface area contributed by atoms with Crippen LogP contribution < -0.4 is 0 Å². The molecule has 2 heteroatoms. The Bertz CT molecular complexity index is 621. The summed E-state index contributed by atoms with van der Waals surface area (Å²) in [5.41, 5.74) is 1.93. The van der Waals surface area contributed by atoms with E-state index in [4.69, 9.17) is 4.74 Å². The maximum atomic E-state index is 10.1. The Balaban J connectivity index is 2.04. The average molecular weight is 278 g/mol. The van der Waals surface area contributed by atoms with Crippen LogP contribution in [0.1, 0.15) is 11.1 Å². The van der Waals surface area contributed by atoms with Gasteiger partial charge in [-0.15, -0.1) is 0 Å². The predicted octanol–water partition coefficient (Wildman–Crippen LogP) is 3.13. The number of aliphatic hydroxyl groups is 1. The zero-order valence-electron chi connectivity index (χ0n) is 11.9. The molecule has 0 heterocycles. The minimum Gasteiger partial charge on any atom is -0.385 e. The Morgan fingerprint density at radius 1 is 1.00 bits per heavy atom. The zero-order chi connectivity index (χ0) is 14.9. The second-order valence-corrected chi connectivity index (χ2v) is 4.55. The van der Waals surface area contributed by atoms with E-state index < -0.39 is 12.2 Å². The van der Waals surface area contributed by atoms with Gasteiger partial charge in [-0.3, -0.25) is 0 Å². The summed E-state index contributed by atoms with van der Waals surface area (Å²) >= 11 is 0. The van der Waals surface area contributed by atoms with Crippen molar-refractivity contribution >= 4 is 6.08 Å². The molecule has 2 unspecified atom stereocenters. The molecule has 0 saturated heterocycles. The highest BCUT2D eigenvalue weighted by Gasteiger charge is 2.12. The van der Waals surface area contributed by atoms with Crippen LogP contribution in [0.3, 0.4) is 0 Å². The second-order valence-electron chi connectivity index (χ2n) is 4.55. The minimum atomic E-state index is -0.772. The summed E-state index contributed by atoms with van der Waals surface area (Å²) in [4.78, 5) is 0. The van der Waals surface area contributed by atoms with Crippen LogP contribution in [0.4, 0.5) is 0 Å². The van der Waals surface area contributed by atoms with Gasteiger partial charge in [0.25, 0.3) is 0 Å². The molecule has 0 bridgehead atoms. The van der Waals surface area contributed by atoms with Crippen molar-refractivity contribution in [2.75, 3.05) is 7.11 Å². The Kier molecular flexibility index (Phi) is 5.78. The summed E-state index contributed by atoms with van der Waals surface area (Å²) in [6, 6.07) is 19.5. The molecule has 2 aromatic rings. The molecule has 2 rings (SSSR count). The van der Waals surface area contributed by atoms with Crippen LogP contribution in [-0.2, 0) is 4.74 Å². The van der Waals surface area contributed by atoms with Crippen LogP contribution in [-0.4, -0.2) is 24.4 Å². The summed E-state index contributed by atoms with van der Waals surface area (Å²) in [6.45, 7) is 0. The number of benzene rings is 2. The van der Waals surface area contributed by atoms with Crippen molar-refractivity contribution in [2.24, 2.45) is 0 Å². The molecule has 2 nitrogen and oxygen atoms in total. The van der Waals surface area contributed by atoms with E-state index in [1.807, 2.05) is 66.7 Å². The molecule has 0 fully saturated rings. The lowest BCUT2D eigenvalue weighted by molar-refractivity contribution is 0.0493. The van der Waals surface area contributed by atoms with Crippen LogP contribution in [0.5, 0.6) is 0 Å². The standard InChI is InChI=1S/C19H18O2/c1-21-19(15-13-17-10-6-3-7-11-17)18(20)14-12-16-8-4-2-5-9-16/h2-12,14,18-20H,1H3/b14-12+. The molecule has 0 spiro atoms. The average Bonchev–Trinajstić information content (AvgIpc) is 2.55. The fourth-order valence-corrected chi connectivity index (χ4v) is 1.83. The van der Waals surface area contributed by atoms with E-state index in [9.17, 15) is 5.11 Å². The van der Waals surface area contributed by atoms with Crippen molar-refractivity contribution in [3.8, 4) is 11.8 Å². The summed E-state index contributed by atoms with van der Waals surface area (Å²) in [5, 5.41) is 10.1. The molecule has 0 saturated carbocycles. The number of methoxy groups -OCH3 is 1. The Morgan fingerprint density at radius 3 is 2.24 bits per heavy atom. The second kappa shape index (κ2) is 8.06. The summed E-state index contributed by atoms with van der Waals surface area (Å²) < 4.78 is 5.25. The fourth-order valence-electron chi connectivity index (χ4n) is 1.83. The maximum Gasteiger partial charge on any atom is 0.147 e. The van der Waals surface area contributed by atoms with E-state index in [2.05, 4.69) is 11.8 Å². The first kappa shape index (κ1) is 15.1. The number of aliphatic hydroxyl groups excluding tert-OH is 1. The first-order valence-electron chi connectivity index (χ1n) is 6.80. The monoisotopic (exact) mass is 278 g/mol. The quantitative estimate of drug-likeness (QED) is 0.871. The van der Waals surface area contributed by atoms with E-state index in [1.165, 1.54) is 0 Å².